The lowest BCUT2D eigenvalue weighted by atomic mass is 10.0. The summed E-state index contributed by atoms with van der Waals surface area (Å²) in [6.07, 6.45) is -0.492. The van der Waals surface area contributed by atoms with Crippen LogP contribution in [0, 0.1) is 16.5 Å². The van der Waals surface area contributed by atoms with Gasteiger partial charge in [0.15, 0.2) is 20.0 Å². The van der Waals surface area contributed by atoms with E-state index in [1.54, 1.807) is 6.92 Å². The highest BCUT2D eigenvalue weighted by Gasteiger charge is 2.40. The summed E-state index contributed by atoms with van der Waals surface area (Å²) in [6.45, 7) is 12.1. The van der Waals surface area contributed by atoms with Crippen LogP contribution in [0.4, 0.5) is 8.78 Å². The Morgan fingerprint density at radius 1 is 1.19 bits per heavy atom. The Balaban J connectivity index is 2.99. The molecule has 1 rings (SSSR count). The predicted octanol–water partition coefficient (Wildman–Crippen LogP) is 5.18. The van der Waals surface area contributed by atoms with Crippen LogP contribution in [-0.4, -0.2) is 14.4 Å². The predicted molar refractivity (Wildman–Crippen MR) is 82.6 cm³/mol. The molecule has 0 aliphatic rings. The molecule has 1 aromatic rings. The highest BCUT2D eigenvalue weighted by Crippen LogP contribution is 2.39. The molecule has 0 spiro atoms. The van der Waals surface area contributed by atoms with E-state index in [0.717, 1.165) is 12.1 Å². The summed E-state index contributed by atoms with van der Waals surface area (Å²) in [5.41, 5.74) is 0.329. The summed E-state index contributed by atoms with van der Waals surface area (Å²) in [6, 6.07) is 2.53. The van der Waals surface area contributed by atoms with Crippen LogP contribution in [-0.2, 0) is 4.43 Å². The van der Waals surface area contributed by atoms with Gasteiger partial charge in [-0.15, -0.1) is 0 Å². The van der Waals surface area contributed by atoms with Crippen molar-refractivity contribution in [1.82, 2.24) is 0 Å². The Morgan fingerprint density at radius 3 is 2.19 bits per heavy atom. The topological polar surface area (TPSA) is 38.7 Å². The van der Waals surface area contributed by atoms with Crippen molar-refractivity contribution in [3.8, 4) is 0 Å². The normalized spacial score (nSPS) is 15.6. The first-order chi connectivity index (χ1) is 9.49. The first-order valence-corrected chi connectivity index (χ1v) is 9.85. The number of nitroso groups, excluding NO2 is 1. The van der Waals surface area contributed by atoms with Gasteiger partial charge >= 0.3 is 0 Å². The van der Waals surface area contributed by atoms with Crippen molar-refractivity contribution in [2.45, 2.75) is 58.0 Å². The Bertz CT molecular complexity index is 515. The van der Waals surface area contributed by atoms with Crippen LogP contribution in [0.1, 0.15) is 39.3 Å². The minimum Gasteiger partial charge on any atom is -0.412 e. The molecule has 21 heavy (non-hydrogen) atoms. The summed E-state index contributed by atoms with van der Waals surface area (Å²) in [5, 5.41) is 3.04. The van der Waals surface area contributed by atoms with Gasteiger partial charge in [0.05, 0.1) is 6.10 Å². The first-order valence-electron chi connectivity index (χ1n) is 6.95. The van der Waals surface area contributed by atoms with E-state index in [-0.39, 0.29) is 5.04 Å². The molecule has 6 heteroatoms. The quantitative estimate of drug-likeness (QED) is 0.554. The van der Waals surface area contributed by atoms with Crippen LogP contribution in [0.3, 0.4) is 0 Å². The van der Waals surface area contributed by atoms with E-state index in [1.165, 1.54) is 6.07 Å². The van der Waals surface area contributed by atoms with Crippen molar-refractivity contribution in [2.24, 2.45) is 5.18 Å². The average Bonchev–Trinajstić information content (AvgIpc) is 2.32. The molecule has 0 fully saturated rings. The number of hydrogen-bond acceptors (Lipinski definition) is 3. The lowest BCUT2D eigenvalue weighted by molar-refractivity contribution is 0.170. The van der Waals surface area contributed by atoms with E-state index in [4.69, 9.17) is 4.43 Å². The van der Waals surface area contributed by atoms with Gasteiger partial charge in [-0.25, -0.2) is 8.78 Å². The molecule has 2 atom stereocenters. The Labute approximate surface area is 125 Å². The fourth-order valence-corrected chi connectivity index (χ4v) is 3.23. The molecule has 0 saturated heterocycles. The van der Waals surface area contributed by atoms with Gasteiger partial charge in [0, 0.05) is 0 Å². The smallest absolute Gasteiger partial charge is 0.192 e. The second-order valence-corrected chi connectivity index (χ2v) is 11.6. The van der Waals surface area contributed by atoms with Crippen molar-refractivity contribution in [3.05, 3.63) is 40.3 Å². The summed E-state index contributed by atoms with van der Waals surface area (Å²) in [5.74, 6) is -1.93. The molecule has 0 aromatic heterocycles. The summed E-state index contributed by atoms with van der Waals surface area (Å²) < 4.78 is 32.4. The van der Waals surface area contributed by atoms with Gasteiger partial charge in [0.2, 0.25) is 0 Å². The molecule has 0 saturated carbocycles. The number of benzene rings is 1. The Kier molecular flexibility index (Phi) is 5.39. The van der Waals surface area contributed by atoms with Crippen LogP contribution < -0.4 is 0 Å². The number of halogens is 2. The van der Waals surface area contributed by atoms with E-state index in [1.807, 2.05) is 0 Å². The van der Waals surface area contributed by atoms with Crippen molar-refractivity contribution in [3.63, 3.8) is 0 Å². The standard InChI is InChI=1S/C15H23F2NO2Si/c1-10(20-21(5,6)15(2,3)4)14(18-19)11-7-8-12(16)13(17)9-11/h7-10,14H,1-6H3/t10-,14?/m0/s1. The highest BCUT2D eigenvalue weighted by molar-refractivity contribution is 6.74. The van der Waals surface area contributed by atoms with Gasteiger partial charge in [-0.3, -0.25) is 0 Å². The van der Waals surface area contributed by atoms with Gasteiger partial charge in [0.25, 0.3) is 0 Å². The van der Waals surface area contributed by atoms with Crippen LogP contribution in [0.5, 0.6) is 0 Å². The van der Waals surface area contributed by atoms with E-state index >= 15 is 0 Å². The average molecular weight is 315 g/mol. The lowest BCUT2D eigenvalue weighted by Gasteiger charge is -2.39. The maximum absolute atomic E-state index is 13.3. The van der Waals surface area contributed by atoms with Crippen molar-refractivity contribution in [1.29, 1.82) is 0 Å². The largest absolute Gasteiger partial charge is 0.412 e. The zero-order valence-corrected chi connectivity index (χ0v) is 14.4. The zero-order chi connectivity index (χ0) is 16.4. The van der Waals surface area contributed by atoms with Crippen LogP contribution >= 0.6 is 0 Å². The fourth-order valence-electron chi connectivity index (χ4n) is 1.82. The molecule has 118 valence electrons. The molecule has 0 amide bonds. The molecule has 1 unspecified atom stereocenters. The third-order valence-corrected chi connectivity index (χ3v) is 8.70. The van der Waals surface area contributed by atoms with E-state index in [9.17, 15) is 13.7 Å². The van der Waals surface area contributed by atoms with E-state index in [0.29, 0.717) is 5.56 Å². The molecular weight excluding hydrogens is 292 g/mol. The van der Waals surface area contributed by atoms with Gasteiger partial charge in [-0.1, -0.05) is 32.0 Å². The molecule has 0 aliphatic heterocycles. The minimum absolute atomic E-state index is 0.0112. The molecule has 0 aliphatic carbocycles. The van der Waals surface area contributed by atoms with Crippen molar-refractivity contribution in [2.75, 3.05) is 0 Å². The number of rotatable bonds is 5. The second kappa shape index (κ2) is 6.32. The second-order valence-electron chi connectivity index (χ2n) is 6.81. The molecule has 0 radical (unpaired) electrons. The summed E-state index contributed by atoms with van der Waals surface area (Å²) in [7, 11) is -2.07. The molecule has 0 N–H and O–H groups in total. The molecule has 1 aromatic carbocycles. The monoisotopic (exact) mass is 315 g/mol. The third-order valence-electron chi connectivity index (χ3n) is 4.13. The summed E-state index contributed by atoms with van der Waals surface area (Å²) in [4.78, 5) is 11.1. The van der Waals surface area contributed by atoms with Crippen molar-refractivity contribution < 1.29 is 13.2 Å². The van der Waals surface area contributed by atoms with Gasteiger partial charge < -0.3 is 4.43 Å². The highest BCUT2D eigenvalue weighted by atomic mass is 28.4. The van der Waals surface area contributed by atoms with Crippen molar-refractivity contribution >= 4 is 8.32 Å². The van der Waals surface area contributed by atoms with E-state index in [2.05, 4.69) is 39.0 Å². The number of nitrogens with zero attached hydrogens (tertiary/aromatic N) is 1. The van der Waals surface area contributed by atoms with Gasteiger partial charge in [0.1, 0.15) is 6.04 Å². The van der Waals surface area contributed by atoms with Crippen LogP contribution in [0.15, 0.2) is 23.4 Å². The molecular formula is C15H23F2NO2Si. The maximum Gasteiger partial charge on any atom is 0.192 e. The van der Waals surface area contributed by atoms with Gasteiger partial charge in [-0.2, -0.15) is 4.91 Å². The third kappa shape index (κ3) is 4.17. The summed E-state index contributed by atoms with van der Waals surface area (Å²) >= 11 is 0. The minimum atomic E-state index is -2.07. The van der Waals surface area contributed by atoms with Crippen LogP contribution in [0.2, 0.25) is 18.1 Å². The Hall–Kier alpha value is -1.14. The van der Waals surface area contributed by atoms with E-state index < -0.39 is 32.1 Å². The number of hydrogen-bond donors (Lipinski definition) is 0. The lowest BCUT2D eigenvalue weighted by Crippen LogP contribution is -2.44. The molecule has 3 nitrogen and oxygen atoms in total. The SMILES string of the molecule is C[C@H](O[Si](C)(C)C(C)(C)C)C(N=O)c1ccc(F)c(F)c1. The molecule has 0 bridgehead atoms. The fraction of sp³-hybridized carbons (Fsp3) is 0.600. The van der Waals surface area contributed by atoms with Crippen LogP contribution in [0.25, 0.3) is 0 Å². The van der Waals surface area contributed by atoms with Gasteiger partial charge in [-0.05, 0) is 42.8 Å². The zero-order valence-electron chi connectivity index (χ0n) is 13.4. The first kappa shape index (κ1) is 17.9. The molecule has 0 heterocycles. The Morgan fingerprint density at radius 2 is 1.76 bits per heavy atom. The maximum atomic E-state index is 13.3.